The molecule has 0 aliphatic rings. The number of benzene rings is 2. The highest BCUT2D eigenvalue weighted by Crippen LogP contribution is 2.22. The molecule has 0 spiro atoms. The highest BCUT2D eigenvalue weighted by molar-refractivity contribution is 5.96. The van der Waals surface area contributed by atoms with Crippen molar-refractivity contribution < 1.29 is 9.21 Å². The molecule has 0 saturated carbocycles. The second kappa shape index (κ2) is 8.09. The van der Waals surface area contributed by atoms with Gasteiger partial charge < -0.3 is 8.98 Å². The number of carbonyl (C=O) groups is 1. The smallest absolute Gasteiger partial charge is 0.163 e. The fourth-order valence-electron chi connectivity index (χ4n) is 3.29. The third kappa shape index (κ3) is 3.96. The van der Waals surface area contributed by atoms with E-state index in [1.807, 2.05) is 79.9 Å². The number of imidazole rings is 1. The summed E-state index contributed by atoms with van der Waals surface area (Å²) in [7, 11) is 0. The van der Waals surface area contributed by atoms with Crippen molar-refractivity contribution in [2.75, 3.05) is 0 Å². The lowest BCUT2D eigenvalue weighted by Gasteiger charge is -2.11. The second-order valence-electron chi connectivity index (χ2n) is 6.89. The summed E-state index contributed by atoms with van der Waals surface area (Å²) >= 11 is 0. The van der Waals surface area contributed by atoms with Crippen LogP contribution in [0.5, 0.6) is 0 Å². The highest BCUT2D eigenvalue weighted by Gasteiger charge is 2.15. The Morgan fingerprint density at radius 2 is 1.79 bits per heavy atom. The Labute approximate surface area is 164 Å². The van der Waals surface area contributed by atoms with Crippen LogP contribution in [0.25, 0.3) is 11.4 Å². The van der Waals surface area contributed by atoms with Gasteiger partial charge in [0.2, 0.25) is 0 Å². The number of ketones is 1. The van der Waals surface area contributed by atoms with Crippen LogP contribution in [-0.4, -0.2) is 15.3 Å². The minimum atomic E-state index is 0.145. The zero-order valence-electron chi connectivity index (χ0n) is 15.8. The molecule has 0 fully saturated rings. The van der Waals surface area contributed by atoms with Gasteiger partial charge in [0.15, 0.2) is 5.78 Å². The Morgan fingerprint density at radius 1 is 1.00 bits per heavy atom. The van der Waals surface area contributed by atoms with Gasteiger partial charge in [0, 0.05) is 29.4 Å². The molecule has 0 N–H and O–H groups in total. The van der Waals surface area contributed by atoms with Crippen LogP contribution in [0, 0.1) is 6.92 Å². The zero-order valence-corrected chi connectivity index (χ0v) is 15.8. The Hall–Kier alpha value is -3.40. The molecule has 0 aliphatic carbocycles. The van der Waals surface area contributed by atoms with E-state index in [4.69, 9.17) is 4.42 Å². The number of aryl methyl sites for hydroxylation is 2. The molecule has 0 aliphatic heterocycles. The number of Topliss-reactive ketones (excluding diaryl/α,β-unsaturated/α-hetero) is 1. The summed E-state index contributed by atoms with van der Waals surface area (Å²) in [6.45, 7) is 2.61. The maximum atomic E-state index is 12.6. The van der Waals surface area contributed by atoms with E-state index in [1.165, 1.54) is 0 Å². The van der Waals surface area contributed by atoms with Crippen molar-refractivity contribution in [3.8, 4) is 11.4 Å². The number of hydrogen-bond donors (Lipinski definition) is 0. The average Bonchev–Trinajstić information content (AvgIpc) is 3.38. The van der Waals surface area contributed by atoms with Gasteiger partial charge in [-0.15, -0.1) is 0 Å². The third-order valence-corrected chi connectivity index (χ3v) is 4.85. The van der Waals surface area contributed by atoms with Crippen molar-refractivity contribution in [2.24, 2.45) is 0 Å². The van der Waals surface area contributed by atoms with E-state index in [2.05, 4.69) is 9.55 Å². The van der Waals surface area contributed by atoms with Gasteiger partial charge in [-0.2, -0.15) is 0 Å². The van der Waals surface area contributed by atoms with Crippen LogP contribution in [0.4, 0.5) is 0 Å². The van der Waals surface area contributed by atoms with Crippen LogP contribution in [0.15, 0.2) is 83.6 Å². The molecule has 4 nitrogen and oxygen atoms in total. The maximum Gasteiger partial charge on any atom is 0.163 e. The van der Waals surface area contributed by atoms with Gasteiger partial charge in [-0.3, -0.25) is 4.79 Å². The summed E-state index contributed by atoms with van der Waals surface area (Å²) in [6.07, 6.45) is 4.62. The van der Waals surface area contributed by atoms with Gasteiger partial charge >= 0.3 is 0 Å². The van der Waals surface area contributed by atoms with Crippen LogP contribution >= 0.6 is 0 Å². The van der Waals surface area contributed by atoms with Gasteiger partial charge in [-0.05, 0) is 25.5 Å². The highest BCUT2D eigenvalue weighted by atomic mass is 16.3. The number of hydrogen-bond acceptors (Lipinski definition) is 3. The predicted octanol–water partition coefficient (Wildman–Crippen LogP) is 5.32. The summed E-state index contributed by atoms with van der Waals surface area (Å²) in [4.78, 5) is 17.2. The lowest BCUT2D eigenvalue weighted by Crippen LogP contribution is -2.08. The maximum absolute atomic E-state index is 12.6. The third-order valence-electron chi connectivity index (χ3n) is 4.85. The van der Waals surface area contributed by atoms with Crippen molar-refractivity contribution in [1.82, 2.24) is 9.55 Å². The lowest BCUT2D eigenvalue weighted by atomic mass is 10.0. The molecule has 0 bridgehead atoms. The fourth-order valence-corrected chi connectivity index (χ4v) is 3.29. The van der Waals surface area contributed by atoms with E-state index >= 15 is 0 Å². The summed E-state index contributed by atoms with van der Waals surface area (Å²) < 4.78 is 7.68. The molecule has 2 heterocycles. The lowest BCUT2D eigenvalue weighted by molar-refractivity contribution is 0.0982. The van der Waals surface area contributed by atoms with E-state index in [1.54, 1.807) is 6.26 Å². The molecule has 0 saturated heterocycles. The monoisotopic (exact) mass is 370 g/mol. The normalized spacial score (nSPS) is 10.9. The number of nitrogens with zero attached hydrogens (tertiary/aromatic N) is 2. The minimum absolute atomic E-state index is 0.145. The minimum Gasteiger partial charge on any atom is -0.467 e. The van der Waals surface area contributed by atoms with E-state index in [0.29, 0.717) is 19.4 Å². The van der Waals surface area contributed by atoms with Crippen LogP contribution < -0.4 is 0 Å². The fraction of sp³-hybridized carbons (Fsp3) is 0.167. The Balaban J connectivity index is 1.58. The van der Waals surface area contributed by atoms with Gasteiger partial charge in [-0.25, -0.2) is 4.98 Å². The van der Waals surface area contributed by atoms with Crippen molar-refractivity contribution in [1.29, 1.82) is 0 Å². The number of carbonyl (C=O) groups excluding carboxylic acids is 1. The molecule has 28 heavy (non-hydrogen) atoms. The Morgan fingerprint density at radius 3 is 2.50 bits per heavy atom. The molecule has 2 aromatic heterocycles. The molecule has 4 aromatic rings. The van der Waals surface area contributed by atoms with E-state index in [-0.39, 0.29) is 5.78 Å². The zero-order chi connectivity index (χ0) is 19.3. The van der Waals surface area contributed by atoms with E-state index in [0.717, 1.165) is 34.0 Å². The standard InChI is InChI=1S/C24H22N2O2/c1-18-9-11-19(12-10-18)23(27)14-13-21-16-25-24(20-6-3-2-4-7-20)26(21)17-22-8-5-15-28-22/h2-12,15-16H,13-14,17H2,1H3. The molecule has 0 atom stereocenters. The topological polar surface area (TPSA) is 48.0 Å². The van der Waals surface area contributed by atoms with Gasteiger partial charge in [0.1, 0.15) is 11.6 Å². The first-order chi connectivity index (χ1) is 13.7. The van der Waals surface area contributed by atoms with E-state index in [9.17, 15) is 4.79 Å². The molecule has 0 amide bonds. The number of rotatable bonds is 7. The molecule has 140 valence electrons. The SMILES string of the molecule is Cc1ccc(C(=O)CCc2cnc(-c3ccccc3)n2Cc2ccco2)cc1. The van der Waals surface area contributed by atoms with Gasteiger partial charge in [0.05, 0.1) is 12.8 Å². The largest absolute Gasteiger partial charge is 0.467 e. The van der Waals surface area contributed by atoms with Crippen LogP contribution in [0.2, 0.25) is 0 Å². The van der Waals surface area contributed by atoms with Crippen LogP contribution in [0.3, 0.4) is 0 Å². The first-order valence-corrected chi connectivity index (χ1v) is 9.43. The van der Waals surface area contributed by atoms with Gasteiger partial charge in [0.25, 0.3) is 0 Å². The first-order valence-electron chi connectivity index (χ1n) is 9.43. The van der Waals surface area contributed by atoms with Crippen LogP contribution in [-0.2, 0) is 13.0 Å². The molecule has 0 unspecified atom stereocenters. The number of aromatic nitrogens is 2. The summed E-state index contributed by atoms with van der Waals surface area (Å²) in [6, 6.07) is 21.7. The molecule has 4 heteroatoms. The average molecular weight is 370 g/mol. The molecule has 2 aromatic carbocycles. The quantitative estimate of drug-likeness (QED) is 0.414. The molecular formula is C24H22N2O2. The molecular weight excluding hydrogens is 348 g/mol. The molecule has 0 radical (unpaired) electrons. The second-order valence-corrected chi connectivity index (χ2v) is 6.89. The Bertz CT molecular complexity index is 1050. The first kappa shape index (κ1) is 18.0. The summed E-state index contributed by atoms with van der Waals surface area (Å²) in [5.41, 5.74) is 3.98. The van der Waals surface area contributed by atoms with E-state index < -0.39 is 0 Å². The number of furan rings is 1. The van der Waals surface area contributed by atoms with Crippen molar-refractivity contribution in [3.05, 3.63) is 102 Å². The van der Waals surface area contributed by atoms with Crippen molar-refractivity contribution >= 4 is 5.78 Å². The van der Waals surface area contributed by atoms with Crippen molar-refractivity contribution in [3.63, 3.8) is 0 Å². The van der Waals surface area contributed by atoms with Crippen LogP contribution in [0.1, 0.15) is 33.8 Å². The van der Waals surface area contributed by atoms with Gasteiger partial charge in [-0.1, -0.05) is 60.2 Å². The van der Waals surface area contributed by atoms with Crippen molar-refractivity contribution in [2.45, 2.75) is 26.3 Å². The molecule has 4 rings (SSSR count). The predicted molar refractivity (Wildman–Crippen MR) is 109 cm³/mol. The summed E-state index contributed by atoms with van der Waals surface area (Å²) in [5.74, 6) is 1.89. The summed E-state index contributed by atoms with van der Waals surface area (Å²) in [5, 5.41) is 0. The Kier molecular flexibility index (Phi) is 5.20.